The van der Waals surface area contributed by atoms with Gasteiger partial charge in [0, 0.05) is 61.2 Å². The van der Waals surface area contributed by atoms with Gasteiger partial charge in [-0.1, -0.05) is 11.6 Å². The van der Waals surface area contributed by atoms with E-state index in [1.54, 1.807) is 6.20 Å². The average molecular weight is 398 g/mol. The lowest BCUT2D eigenvalue weighted by atomic mass is 10.1. The van der Waals surface area contributed by atoms with Crippen molar-refractivity contribution in [3.63, 3.8) is 0 Å². The van der Waals surface area contributed by atoms with E-state index in [0.717, 1.165) is 35.0 Å². The van der Waals surface area contributed by atoms with Crippen molar-refractivity contribution in [1.82, 2.24) is 24.3 Å². The number of aryl methyl sites for hydroxylation is 2. The van der Waals surface area contributed by atoms with Gasteiger partial charge in [-0.3, -0.25) is 4.79 Å². The summed E-state index contributed by atoms with van der Waals surface area (Å²) in [6.45, 7) is 6.15. The van der Waals surface area contributed by atoms with Gasteiger partial charge in [0.25, 0.3) is 5.91 Å². The first-order chi connectivity index (χ1) is 13.5. The Balaban J connectivity index is 1.70. The number of nitrogens with one attached hydrogen (secondary N) is 1. The van der Waals surface area contributed by atoms with Gasteiger partial charge in [-0.25, -0.2) is 4.98 Å². The summed E-state index contributed by atoms with van der Waals surface area (Å²) in [5, 5.41) is 4.08. The molecule has 146 valence electrons. The minimum absolute atomic E-state index is 0.0443. The van der Waals surface area contributed by atoms with E-state index in [1.807, 2.05) is 66.9 Å². The Hall–Kier alpha value is -2.57. The van der Waals surface area contributed by atoms with Crippen LogP contribution in [-0.4, -0.2) is 44.6 Å². The van der Waals surface area contributed by atoms with E-state index in [0.29, 0.717) is 18.1 Å². The van der Waals surface area contributed by atoms with E-state index in [4.69, 9.17) is 11.6 Å². The maximum absolute atomic E-state index is 13.5. The van der Waals surface area contributed by atoms with Crippen LogP contribution in [-0.2, 0) is 7.05 Å². The molecule has 4 rings (SSSR count). The van der Waals surface area contributed by atoms with E-state index in [1.165, 1.54) is 0 Å². The maximum Gasteiger partial charge on any atom is 0.256 e. The second kappa shape index (κ2) is 7.45. The highest BCUT2D eigenvalue weighted by atomic mass is 35.5. The molecule has 0 aliphatic carbocycles. The molecule has 3 aromatic rings. The summed E-state index contributed by atoms with van der Waals surface area (Å²) in [6.07, 6.45) is 3.69. The summed E-state index contributed by atoms with van der Waals surface area (Å²) >= 11 is 6.03. The van der Waals surface area contributed by atoms with Gasteiger partial charge in [0.2, 0.25) is 0 Å². The first kappa shape index (κ1) is 18.8. The number of hydrogen-bond acceptors (Lipinski definition) is 3. The van der Waals surface area contributed by atoms with Crippen LogP contribution < -0.4 is 5.32 Å². The number of benzene rings is 1. The van der Waals surface area contributed by atoms with Crippen molar-refractivity contribution < 1.29 is 4.79 Å². The Bertz CT molecular complexity index is 1000. The lowest BCUT2D eigenvalue weighted by Crippen LogP contribution is -2.49. The molecule has 1 aliphatic heterocycles. The van der Waals surface area contributed by atoms with Crippen LogP contribution in [0.3, 0.4) is 0 Å². The van der Waals surface area contributed by atoms with Crippen LogP contribution in [0.5, 0.6) is 0 Å². The zero-order chi connectivity index (χ0) is 19.8. The third-order valence-electron chi connectivity index (χ3n) is 5.41. The van der Waals surface area contributed by atoms with Gasteiger partial charge in [0.1, 0.15) is 11.9 Å². The quantitative estimate of drug-likeness (QED) is 0.738. The number of amides is 1. The number of carbonyl (C=O) groups is 1. The van der Waals surface area contributed by atoms with Crippen molar-refractivity contribution in [1.29, 1.82) is 0 Å². The van der Waals surface area contributed by atoms with Crippen molar-refractivity contribution in [3.05, 3.63) is 70.5 Å². The lowest BCUT2D eigenvalue weighted by molar-refractivity contribution is 0.0620. The van der Waals surface area contributed by atoms with Crippen LogP contribution in [0, 0.1) is 13.8 Å². The number of nitrogens with zero attached hydrogens (tertiary/aromatic N) is 4. The molecular weight excluding hydrogens is 374 g/mol. The molecule has 1 saturated heterocycles. The summed E-state index contributed by atoms with van der Waals surface area (Å²) in [4.78, 5) is 19.9. The van der Waals surface area contributed by atoms with Crippen LogP contribution in [0.4, 0.5) is 0 Å². The number of hydrogen-bond donors (Lipinski definition) is 1. The molecule has 2 aromatic heterocycles. The minimum atomic E-state index is -0.0835. The fourth-order valence-electron chi connectivity index (χ4n) is 4.00. The molecule has 1 amide bonds. The Morgan fingerprint density at radius 3 is 2.68 bits per heavy atom. The Labute approximate surface area is 169 Å². The van der Waals surface area contributed by atoms with E-state index in [9.17, 15) is 4.79 Å². The number of carbonyl (C=O) groups excluding carboxylic acids is 1. The number of piperazine rings is 1. The number of halogens is 1. The first-order valence-corrected chi connectivity index (χ1v) is 9.79. The molecule has 28 heavy (non-hydrogen) atoms. The summed E-state index contributed by atoms with van der Waals surface area (Å²) in [5.41, 5.74) is 3.68. The highest BCUT2D eigenvalue weighted by molar-refractivity contribution is 6.30. The molecule has 7 heteroatoms. The predicted molar refractivity (Wildman–Crippen MR) is 110 cm³/mol. The van der Waals surface area contributed by atoms with Gasteiger partial charge < -0.3 is 19.4 Å². The predicted octanol–water partition coefficient (Wildman–Crippen LogP) is 3.27. The van der Waals surface area contributed by atoms with Crippen LogP contribution in [0.1, 0.15) is 33.6 Å². The summed E-state index contributed by atoms with van der Waals surface area (Å²) in [6, 6.07) is 9.56. The highest BCUT2D eigenvalue weighted by Gasteiger charge is 2.32. The fourth-order valence-corrected chi connectivity index (χ4v) is 4.12. The molecule has 1 aromatic carbocycles. The standard InChI is InChI=1S/C21H24ClN5O/c1-14-12-18(15(2)27(14)17-6-4-16(22)5-7-17)21(28)26-11-8-23-13-19(26)20-24-9-10-25(20)3/h4-7,9-10,12,19,23H,8,11,13H2,1-3H3. The normalized spacial score (nSPS) is 17.1. The molecule has 1 unspecified atom stereocenters. The largest absolute Gasteiger partial charge is 0.336 e. The van der Waals surface area contributed by atoms with Gasteiger partial charge in [-0.05, 0) is 44.2 Å². The van der Waals surface area contributed by atoms with Gasteiger partial charge in [0.15, 0.2) is 0 Å². The van der Waals surface area contributed by atoms with Crippen molar-refractivity contribution in [2.45, 2.75) is 19.9 Å². The number of imidazole rings is 1. The molecule has 0 saturated carbocycles. The average Bonchev–Trinajstić information content (AvgIpc) is 3.25. The lowest BCUT2D eigenvalue weighted by Gasteiger charge is -2.35. The van der Waals surface area contributed by atoms with E-state index >= 15 is 0 Å². The minimum Gasteiger partial charge on any atom is -0.336 e. The van der Waals surface area contributed by atoms with Crippen molar-refractivity contribution in [3.8, 4) is 5.69 Å². The molecule has 1 fully saturated rings. The second-order valence-corrected chi connectivity index (χ2v) is 7.65. The van der Waals surface area contributed by atoms with Gasteiger partial charge in [-0.2, -0.15) is 0 Å². The fraction of sp³-hybridized carbons (Fsp3) is 0.333. The van der Waals surface area contributed by atoms with Crippen LogP contribution in [0.25, 0.3) is 5.69 Å². The van der Waals surface area contributed by atoms with E-state index in [-0.39, 0.29) is 11.9 Å². The molecule has 1 aliphatic rings. The SMILES string of the molecule is Cc1cc(C(=O)N2CCNCC2c2nccn2C)c(C)n1-c1ccc(Cl)cc1. The Kier molecular flexibility index (Phi) is 5.00. The monoisotopic (exact) mass is 397 g/mol. The molecule has 3 heterocycles. The number of aromatic nitrogens is 3. The van der Waals surface area contributed by atoms with Crippen LogP contribution >= 0.6 is 11.6 Å². The molecule has 0 spiro atoms. The summed E-state index contributed by atoms with van der Waals surface area (Å²) in [5.74, 6) is 0.940. The van der Waals surface area contributed by atoms with Gasteiger partial charge >= 0.3 is 0 Å². The third kappa shape index (κ3) is 3.23. The molecule has 1 N–H and O–H groups in total. The third-order valence-corrected chi connectivity index (χ3v) is 5.66. The zero-order valence-corrected chi connectivity index (χ0v) is 17.1. The summed E-state index contributed by atoms with van der Waals surface area (Å²) in [7, 11) is 1.96. The molecule has 0 radical (unpaired) electrons. The van der Waals surface area contributed by atoms with Crippen LogP contribution in [0.2, 0.25) is 5.02 Å². The molecule has 1 atom stereocenters. The van der Waals surface area contributed by atoms with Crippen molar-refractivity contribution in [2.24, 2.45) is 7.05 Å². The summed E-state index contributed by atoms with van der Waals surface area (Å²) < 4.78 is 4.08. The molecule has 0 bridgehead atoms. The zero-order valence-electron chi connectivity index (χ0n) is 16.3. The molecular formula is C21H24ClN5O. The number of rotatable bonds is 3. The maximum atomic E-state index is 13.5. The van der Waals surface area contributed by atoms with Gasteiger partial charge in [-0.15, -0.1) is 0 Å². The van der Waals surface area contributed by atoms with E-state index < -0.39 is 0 Å². The van der Waals surface area contributed by atoms with Crippen molar-refractivity contribution in [2.75, 3.05) is 19.6 Å². The van der Waals surface area contributed by atoms with Gasteiger partial charge in [0.05, 0.1) is 5.56 Å². The molecule has 6 nitrogen and oxygen atoms in total. The second-order valence-electron chi connectivity index (χ2n) is 7.21. The van der Waals surface area contributed by atoms with E-state index in [2.05, 4.69) is 14.9 Å². The first-order valence-electron chi connectivity index (χ1n) is 9.41. The smallest absolute Gasteiger partial charge is 0.256 e. The topological polar surface area (TPSA) is 55.1 Å². The Morgan fingerprint density at radius 2 is 2.00 bits per heavy atom. The van der Waals surface area contributed by atoms with Crippen molar-refractivity contribution >= 4 is 17.5 Å². The Morgan fingerprint density at radius 1 is 1.25 bits per heavy atom. The van der Waals surface area contributed by atoms with Crippen LogP contribution in [0.15, 0.2) is 42.7 Å². The highest BCUT2D eigenvalue weighted by Crippen LogP contribution is 2.27.